The minimum absolute atomic E-state index is 0.00491. The molecule has 0 atom stereocenters. The lowest BCUT2D eigenvalue weighted by atomic mass is 9.26. The van der Waals surface area contributed by atoms with E-state index in [2.05, 4.69) is 20.4 Å². The number of aromatic nitrogens is 4. The van der Waals surface area contributed by atoms with E-state index in [9.17, 15) is 14.0 Å². The Kier molecular flexibility index (Phi) is 8.09. The van der Waals surface area contributed by atoms with Crippen molar-refractivity contribution in [3.05, 3.63) is 42.0 Å². The molecule has 0 unspecified atom stereocenters. The van der Waals surface area contributed by atoms with Crippen LogP contribution in [0.2, 0.25) is 0 Å². The summed E-state index contributed by atoms with van der Waals surface area (Å²) < 4.78 is 35.2. The lowest BCUT2D eigenvalue weighted by Crippen LogP contribution is -2.94. The van der Waals surface area contributed by atoms with Crippen LogP contribution >= 0.6 is 0 Å². The molecule has 3 fully saturated rings. The number of rotatable bonds is 5. The van der Waals surface area contributed by atoms with E-state index in [1.165, 1.54) is 11.1 Å². The monoisotopic (exact) mass is 621 g/mol. The fourth-order valence-electron chi connectivity index (χ4n) is 6.40. The number of hydrogen-bond donors (Lipinski definition) is 2. The zero-order valence-corrected chi connectivity index (χ0v) is 25.0. The first-order valence-corrected chi connectivity index (χ1v) is 14.4. The maximum absolute atomic E-state index is 15.3. The maximum atomic E-state index is 15.3. The van der Waals surface area contributed by atoms with Crippen LogP contribution in [0.4, 0.5) is 26.0 Å². The summed E-state index contributed by atoms with van der Waals surface area (Å²) in [6, 6.07) is -0.535. The summed E-state index contributed by atoms with van der Waals surface area (Å²) >= 11 is 0. The molecule has 12 nitrogen and oxygen atoms in total. The van der Waals surface area contributed by atoms with Crippen molar-refractivity contribution in [2.24, 2.45) is 5.92 Å². The highest BCUT2D eigenvalue weighted by Crippen LogP contribution is 2.46. The first-order valence-electron chi connectivity index (χ1n) is 14.4. The van der Waals surface area contributed by atoms with Gasteiger partial charge in [-0.2, -0.15) is 0 Å². The molecule has 2 amide bonds. The van der Waals surface area contributed by atoms with Crippen molar-refractivity contribution in [3.8, 4) is 0 Å². The molecule has 22 heteroatoms. The van der Waals surface area contributed by atoms with Crippen LogP contribution in [0, 0.1) is 17.6 Å². The van der Waals surface area contributed by atoms with Gasteiger partial charge in [0.15, 0.2) is 23.1 Å². The molecule has 6 rings (SSSR count). The van der Waals surface area contributed by atoms with E-state index >= 15 is 4.39 Å². The van der Waals surface area contributed by atoms with Gasteiger partial charge in [0.2, 0.25) is 5.91 Å². The summed E-state index contributed by atoms with van der Waals surface area (Å²) in [7, 11) is 51.5. The number of nitrogens with zero attached hydrogens (tertiary/aromatic N) is 7. The molecule has 47 heavy (non-hydrogen) atoms. The Hall–Kier alpha value is -3.39. The molecule has 0 saturated carbocycles. The van der Waals surface area contributed by atoms with Gasteiger partial charge in [-0.25, -0.2) is 18.3 Å². The van der Waals surface area contributed by atoms with Gasteiger partial charge in [-0.05, 0) is 34.2 Å². The molecule has 6 heterocycles. The Bertz CT molecular complexity index is 1720. The predicted octanol–water partition coefficient (Wildman–Crippen LogP) is -3.04. The smallest absolute Gasteiger partial charge is 0.263 e. The number of halogens is 2. The minimum Gasteiger partial charge on any atom is -0.381 e. The van der Waals surface area contributed by atoms with E-state index in [4.69, 9.17) is 73.2 Å². The minimum atomic E-state index is -2.36. The van der Waals surface area contributed by atoms with Gasteiger partial charge < -0.3 is 30.5 Å². The second kappa shape index (κ2) is 11.4. The van der Waals surface area contributed by atoms with E-state index < -0.39 is 56.8 Å². The number of carbonyl (C=O) groups excluding carboxylic acids is 2. The Labute approximate surface area is 279 Å². The Morgan fingerprint density at radius 2 is 1.55 bits per heavy atom. The molecular weight excluding hydrogens is 599 g/mol. The van der Waals surface area contributed by atoms with Crippen molar-refractivity contribution >= 4 is 97.4 Å². The molecular formula is C25H21B8F2N9O3. The number of anilines is 3. The van der Waals surface area contributed by atoms with Crippen molar-refractivity contribution in [1.82, 2.24) is 29.4 Å². The average Bonchev–Trinajstić information content (AvgIpc) is 3.28. The van der Waals surface area contributed by atoms with Crippen LogP contribution in [0.1, 0.15) is 23.2 Å². The maximum Gasteiger partial charge on any atom is 0.263 e. The number of amides is 2. The molecule has 3 aliphatic rings. The quantitative estimate of drug-likeness (QED) is 0.286. The van der Waals surface area contributed by atoms with E-state index in [1.807, 2.05) is 0 Å². The van der Waals surface area contributed by atoms with Crippen molar-refractivity contribution in [3.63, 3.8) is 0 Å². The SMILES string of the molecule is [B]C1([B])N(C(=O)C2CCN(c3c(F)cncc3NC(=O)c3c(N)nn4cc(F)cnc34)CC2)C([B])([B])C([B])([B])N(C2COC2)C1([B])[B]. The molecule has 0 aromatic carbocycles. The molecule has 222 valence electrons. The van der Waals surface area contributed by atoms with Crippen molar-refractivity contribution in [1.29, 1.82) is 0 Å². The molecule has 3 aromatic rings. The number of ether oxygens (including phenoxy) is 1. The topological polar surface area (TPSA) is 134 Å². The molecule has 16 radical (unpaired) electrons. The normalized spacial score (nSPS) is 22.5. The molecule has 0 aliphatic carbocycles. The second-order valence-electron chi connectivity index (χ2n) is 12.1. The van der Waals surface area contributed by atoms with Crippen molar-refractivity contribution in [2.45, 2.75) is 40.2 Å². The van der Waals surface area contributed by atoms with Crippen molar-refractivity contribution in [2.75, 3.05) is 42.3 Å². The lowest BCUT2D eigenvalue weighted by Gasteiger charge is -2.77. The number of pyridine rings is 1. The third-order valence-electron chi connectivity index (χ3n) is 9.00. The number of nitrogens with two attached hydrogens (primary N) is 1. The van der Waals surface area contributed by atoms with Gasteiger partial charge in [0.1, 0.15) is 11.3 Å². The summed E-state index contributed by atoms with van der Waals surface area (Å²) in [5.41, 5.74) is 5.73. The van der Waals surface area contributed by atoms with Crippen LogP contribution < -0.4 is 16.0 Å². The number of hydrogen-bond acceptors (Lipinski definition) is 9. The Morgan fingerprint density at radius 3 is 2.13 bits per heavy atom. The van der Waals surface area contributed by atoms with Crippen LogP contribution in [0.15, 0.2) is 24.8 Å². The fraction of sp³-hybridized carbons (Fsp3) is 0.480. The number of fused-ring (bicyclic) bond motifs is 1. The predicted molar refractivity (Wildman–Crippen MR) is 175 cm³/mol. The third-order valence-corrected chi connectivity index (χ3v) is 9.00. The highest BCUT2D eigenvalue weighted by molar-refractivity contribution is 6.61. The summed E-state index contributed by atoms with van der Waals surface area (Å²) in [6.07, 6.45) is 4.36. The zero-order chi connectivity index (χ0) is 34.3. The molecule has 3 saturated heterocycles. The van der Waals surface area contributed by atoms with Gasteiger partial charge in [-0.1, -0.05) is 0 Å². The number of nitrogen functional groups attached to an aromatic ring is 1. The van der Waals surface area contributed by atoms with Gasteiger partial charge in [-0.15, -0.1) is 5.10 Å². The fourth-order valence-corrected chi connectivity index (χ4v) is 6.40. The van der Waals surface area contributed by atoms with Gasteiger partial charge >= 0.3 is 0 Å². The summed E-state index contributed by atoms with van der Waals surface area (Å²) in [5.74, 6) is -3.98. The van der Waals surface area contributed by atoms with Crippen LogP contribution in [-0.2, 0) is 9.53 Å². The van der Waals surface area contributed by atoms with Gasteiger partial charge in [0.05, 0.1) is 113 Å². The molecule has 3 aliphatic heterocycles. The van der Waals surface area contributed by atoms with Crippen LogP contribution in [0.3, 0.4) is 0 Å². The van der Waals surface area contributed by atoms with Crippen LogP contribution in [-0.4, -0.2) is 158 Å². The van der Waals surface area contributed by atoms with Gasteiger partial charge in [-0.3, -0.25) is 14.6 Å². The highest BCUT2D eigenvalue weighted by atomic mass is 19.1. The highest BCUT2D eigenvalue weighted by Gasteiger charge is 2.63. The van der Waals surface area contributed by atoms with Crippen LogP contribution in [0.25, 0.3) is 5.65 Å². The number of nitrogens with one attached hydrogen (secondary N) is 1. The van der Waals surface area contributed by atoms with Gasteiger partial charge in [0, 0.05) is 19.0 Å². The third kappa shape index (κ3) is 5.08. The lowest BCUT2D eigenvalue weighted by molar-refractivity contribution is -0.159. The first kappa shape index (κ1) is 33.5. The van der Waals surface area contributed by atoms with E-state index in [0.717, 1.165) is 28.0 Å². The molecule has 0 spiro atoms. The summed E-state index contributed by atoms with van der Waals surface area (Å²) in [5, 5.41) is -2.64. The number of carbonyl (C=O) groups is 2. The standard InChI is InChI=1S/C25H21B8F2N9O3/c26-22(27)24(30,31)44(25(32,33)23(28,29)43(22)13-9-47-10-13)21(46)11-1-3-41(4-2-11)17-14(35)6-37-7-15(17)39-20(45)16-18(36)40-42-8-12(34)5-38-19(16)42/h5-8,11,13H,1-4,9-10H2,(H2,36,40)(H,39,45). The van der Waals surface area contributed by atoms with E-state index in [1.54, 1.807) is 4.90 Å². The first-order chi connectivity index (χ1) is 21.9. The average molecular weight is 620 g/mol. The van der Waals surface area contributed by atoms with Crippen LogP contribution in [0.5, 0.6) is 0 Å². The second-order valence-corrected chi connectivity index (χ2v) is 12.1. The molecule has 0 bridgehead atoms. The zero-order valence-electron chi connectivity index (χ0n) is 25.0. The van der Waals surface area contributed by atoms with E-state index in [0.29, 0.717) is 0 Å². The summed E-state index contributed by atoms with van der Waals surface area (Å²) in [6.45, 7) is 0.497. The molecule has 3 aromatic heterocycles. The van der Waals surface area contributed by atoms with E-state index in [-0.39, 0.29) is 67.5 Å². The van der Waals surface area contributed by atoms with Gasteiger partial charge in [0.25, 0.3) is 5.91 Å². The Morgan fingerprint density at radius 1 is 0.936 bits per heavy atom. The number of piperazine rings is 1. The van der Waals surface area contributed by atoms with Crippen molar-refractivity contribution < 1.29 is 23.1 Å². The number of piperidine rings is 1. The summed E-state index contributed by atoms with van der Waals surface area (Å²) in [4.78, 5) is 38.6. The largest absolute Gasteiger partial charge is 0.381 e. The Balaban J connectivity index is 1.22. The molecule has 3 N–H and O–H groups in total.